The van der Waals surface area contributed by atoms with E-state index in [1.807, 2.05) is 18.2 Å². The molecule has 4 aromatic rings. The van der Waals surface area contributed by atoms with Gasteiger partial charge in [0.1, 0.15) is 5.82 Å². The number of hydrogen-bond donors (Lipinski definition) is 1. The highest BCUT2D eigenvalue weighted by molar-refractivity contribution is 8.00. The van der Waals surface area contributed by atoms with Crippen LogP contribution in [0.2, 0.25) is 0 Å². The molecule has 0 aliphatic carbocycles. The van der Waals surface area contributed by atoms with Crippen LogP contribution in [0.5, 0.6) is 0 Å². The van der Waals surface area contributed by atoms with E-state index < -0.39 is 15.9 Å². The molecule has 35 heavy (non-hydrogen) atoms. The number of aromatic nitrogens is 2. The molecule has 0 saturated carbocycles. The summed E-state index contributed by atoms with van der Waals surface area (Å²) in [6.07, 6.45) is 0.647. The summed E-state index contributed by atoms with van der Waals surface area (Å²) < 4.78 is 41.7. The molecule has 0 unspecified atom stereocenters. The van der Waals surface area contributed by atoms with E-state index >= 15 is 0 Å². The molecule has 178 valence electrons. The number of para-hydroxylation sites is 1. The number of rotatable bonds is 7. The van der Waals surface area contributed by atoms with Gasteiger partial charge in [0.2, 0.25) is 5.13 Å². The van der Waals surface area contributed by atoms with E-state index in [4.69, 9.17) is 0 Å². The Morgan fingerprint density at radius 3 is 2.69 bits per heavy atom. The molecule has 2 heterocycles. The predicted molar refractivity (Wildman–Crippen MR) is 135 cm³/mol. The van der Waals surface area contributed by atoms with Gasteiger partial charge in [-0.25, -0.2) is 12.8 Å². The number of sulfonamides is 1. The first kappa shape index (κ1) is 23.5. The Morgan fingerprint density at radius 1 is 1.06 bits per heavy atom. The molecule has 1 N–H and O–H groups in total. The van der Waals surface area contributed by atoms with Crippen LogP contribution in [-0.2, 0) is 22.2 Å². The van der Waals surface area contributed by atoms with Gasteiger partial charge in [0.25, 0.3) is 15.9 Å². The number of hydrogen-bond acceptors (Lipinski definition) is 7. The Kier molecular flexibility index (Phi) is 6.54. The van der Waals surface area contributed by atoms with Crippen LogP contribution in [-0.4, -0.2) is 31.1 Å². The Labute approximate surface area is 210 Å². The fourth-order valence-electron chi connectivity index (χ4n) is 3.70. The molecule has 3 aromatic carbocycles. The number of carbonyl (C=O) groups is 1. The van der Waals surface area contributed by atoms with Crippen LogP contribution in [0.4, 0.5) is 15.2 Å². The summed E-state index contributed by atoms with van der Waals surface area (Å²) in [5, 5.41) is 11.0. The molecule has 7 nitrogen and oxygen atoms in total. The van der Waals surface area contributed by atoms with Gasteiger partial charge in [0, 0.05) is 17.9 Å². The fraction of sp³-hybridized carbons (Fsp3) is 0.125. The number of carbonyl (C=O) groups excluding carboxylic acids is 1. The lowest BCUT2D eigenvalue weighted by atomic mass is 10.2. The topological polar surface area (TPSA) is 92.3 Å². The molecule has 5 rings (SSSR count). The zero-order valence-electron chi connectivity index (χ0n) is 18.2. The van der Waals surface area contributed by atoms with Crippen molar-refractivity contribution in [2.45, 2.75) is 21.4 Å². The molecule has 0 fully saturated rings. The minimum atomic E-state index is -3.81. The van der Waals surface area contributed by atoms with Crippen LogP contribution >= 0.6 is 23.1 Å². The van der Waals surface area contributed by atoms with E-state index in [2.05, 4.69) is 15.5 Å². The first-order valence-electron chi connectivity index (χ1n) is 10.6. The molecule has 0 bridgehead atoms. The fourth-order valence-corrected chi connectivity index (χ4v) is 6.95. The number of anilines is 2. The lowest BCUT2D eigenvalue weighted by molar-refractivity contribution is 0.102. The number of halogens is 1. The summed E-state index contributed by atoms with van der Waals surface area (Å²) in [7, 11) is -3.81. The van der Waals surface area contributed by atoms with Crippen LogP contribution in [0, 0.1) is 5.82 Å². The van der Waals surface area contributed by atoms with Crippen LogP contribution in [0.25, 0.3) is 0 Å². The monoisotopic (exact) mass is 526 g/mol. The van der Waals surface area contributed by atoms with E-state index in [-0.39, 0.29) is 16.3 Å². The molecule has 0 spiro atoms. The summed E-state index contributed by atoms with van der Waals surface area (Å²) in [4.78, 5) is 12.9. The molecule has 1 amide bonds. The second kappa shape index (κ2) is 9.76. The third kappa shape index (κ3) is 5.07. The van der Waals surface area contributed by atoms with Crippen molar-refractivity contribution in [3.8, 4) is 0 Å². The van der Waals surface area contributed by atoms with Crippen molar-refractivity contribution < 1.29 is 17.6 Å². The molecule has 0 atom stereocenters. The van der Waals surface area contributed by atoms with E-state index in [0.717, 1.165) is 11.1 Å². The lowest BCUT2D eigenvalue weighted by Crippen LogP contribution is -2.29. The highest BCUT2D eigenvalue weighted by atomic mass is 32.2. The van der Waals surface area contributed by atoms with Crippen LogP contribution in [0.15, 0.2) is 82.0 Å². The van der Waals surface area contributed by atoms with Gasteiger partial charge in [-0.05, 0) is 53.9 Å². The van der Waals surface area contributed by atoms with Crippen LogP contribution < -0.4 is 9.62 Å². The van der Waals surface area contributed by atoms with Crippen molar-refractivity contribution in [2.75, 3.05) is 16.2 Å². The largest absolute Gasteiger partial charge is 0.296 e. The van der Waals surface area contributed by atoms with E-state index in [9.17, 15) is 17.6 Å². The average molecular weight is 527 g/mol. The maximum atomic E-state index is 13.3. The summed E-state index contributed by atoms with van der Waals surface area (Å²) in [6.45, 7) is 0.362. The van der Waals surface area contributed by atoms with Crippen molar-refractivity contribution in [3.05, 3.63) is 95.3 Å². The Balaban J connectivity index is 1.27. The lowest BCUT2D eigenvalue weighted by Gasteiger charge is -2.19. The second-order valence-electron chi connectivity index (χ2n) is 7.73. The molecule has 0 saturated heterocycles. The van der Waals surface area contributed by atoms with Crippen molar-refractivity contribution in [3.63, 3.8) is 0 Å². The summed E-state index contributed by atoms with van der Waals surface area (Å²) in [6, 6.07) is 19.6. The molecule has 1 aliphatic heterocycles. The Hall–Kier alpha value is -3.28. The number of nitrogens with one attached hydrogen (secondary N) is 1. The Bertz CT molecular complexity index is 1490. The van der Waals surface area contributed by atoms with Gasteiger partial charge >= 0.3 is 0 Å². The number of thioether (sulfide) groups is 1. The van der Waals surface area contributed by atoms with Gasteiger partial charge in [0.05, 0.1) is 10.6 Å². The van der Waals surface area contributed by atoms with Gasteiger partial charge in [-0.15, -0.1) is 10.2 Å². The first-order valence-corrected chi connectivity index (χ1v) is 13.9. The van der Waals surface area contributed by atoms with Crippen molar-refractivity contribution >= 4 is 49.8 Å². The van der Waals surface area contributed by atoms with Crippen LogP contribution in [0.3, 0.4) is 0 Å². The zero-order valence-corrected chi connectivity index (χ0v) is 20.7. The van der Waals surface area contributed by atoms with Crippen molar-refractivity contribution in [1.29, 1.82) is 0 Å². The number of benzene rings is 3. The van der Waals surface area contributed by atoms with Gasteiger partial charge < -0.3 is 0 Å². The SMILES string of the molecule is O=C(Nc1nnc(SCc2ccc(F)cc2)s1)c1cccc(S(=O)(=O)N2CCc3ccccc32)c1. The number of amides is 1. The minimum Gasteiger partial charge on any atom is -0.296 e. The van der Waals surface area contributed by atoms with Gasteiger partial charge in [0.15, 0.2) is 4.34 Å². The molecule has 0 radical (unpaired) electrons. The van der Waals surface area contributed by atoms with Gasteiger partial charge in [-0.3, -0.25) is 14.4 Å². The molecular formula is C24H19FN4O3S3. The maximum Gasteiger partial charge on any atom is 0.264 e. The summed E-state index contributed by atoms with van der Waals surface area (Å²) in [5.74, 6) is -0.181. The van der Waals surface area contributed by atoms with E-state index in [1.54, 1.807) is 30.3 Å². The van der Waals surface area contributed by atoms with Gasteiger partial charge in [-0.2, -0.15) is 0 Å². The third-order valence-electron chi connectivity index (χ3n) is 5.43. The van der Waals surface area contributed by atoms with Crippen molar-refractivity contribution in [2.24, 2.45) is 0 Å². The molecule has 1 aromatic heterocycles. The second-order valence-corrected chi connectivity index (χ2v) is 11.8. The smallest absolute Gasteiger partial charge is 0.264 e. The zero-order chi connectivity index (χ0) is 24.4. The highest BCUT2D eigenvalue weighted by Crippen LogP contribution is 2.33. The highest BCUT2D eigenvalue weighted by Gasteiger charge is 2.31. The summed E-state index contributed by atoms with van der Waals surface area (Å²) in [5.41, 5.74) is 2.79. The molecule has 1 aliphatic rings. The minimum absolute atomic E-state index is 0.0506. The predicted octanol–water partition coefficient (Wildman–Crippen LogP) is 4.97. The number of fused-ring (bicyclic) bond motifs is 1. The normalized spacial score (nSPS) is 13.0. The molecular weight excluding hydrogens is 507 g/mol. The van der Waals surface area contributed by atoms with Gasteiger partial charge in [-0.1, -0.05) is 59.5 Å². The number of nitrogens with zero attached hydrogens (tertiary/aromatic N) is 3. The van der Waals surface area contributed by atoms with Crippen molar-refractivity contribution in [1.82, 2.24) is 10.2 Å². The Morgan fingerprint density at radius 2 is 1.86 bits per heavy atom. The first-order chi connectivity index (χ1) is 16.9. The quantitative estimate of drug-likeness (QED) is 0.270. The average Bonchev–Trinajstić information content (AvgIpc) is 3.51. The van der Waals surface area contributed by atoms with E-state index in [0.29, 0.717) is 33.9 Å². The summed E-state index contributed by atoms with van der Waals surface area (Å²) >= 11 is 2.63. The standard InChI is InChI=1S/C24H19FN4O3S3/c25-19-10-8-16(9-11-19)15-33-24-28-27-23(34-24)26-22(30)18-5-3-6-20(14-18)35(31,32)29-13-12-17-4-1-2-7-21(17)29/h1-11,14H,12-13,15H2,(H,26,27,30). The van der Waals surface area contributed by atoms with Crippen LogP contribution in [0.1, 0.15) is 21.5 Å². The third-order valence-corrected chi connectivity index (χ3v) is 9.28. The van der Waals surface area contributed by atoms with E-state index in [1.165, 1.54) is 51.7 Å². The molecule has 11 heteroatoms. The maximum absolute atomic E-state index is 13.3.